The van der Waals surface area contributed by atoms with E-state index >= 15 is 0 Å². The number of amides is 1. The van der Waals surface area contributed by atoms with E-state index in [1.54, 1.807) is 18.2 Å². The fourth-order valence-corrected chi connectivity index (χ4v) is 4.23. The standard InChI is InChI=1S/C24H23F2N3O4/c1-29-21(31)24(28-23(29)27,17-6-8-19(9-7-17)33-22(25)26)18-5-3-4-15(13-18)16-10-14(11-16)12-20(30)32-2/h3-9,12-13,16,22H,10-11H2,1-2H3,(H2,27,28). The Labute approximate surface area is 189 Å². The molecule has 1 aliphatic carbocycles. The molecule has 1 fully saturated rings. The molecule has 7 nitrogen and oxygen atoms in total. The fourth-order valence-electron chi connectivity index (χ4n) is 4.23. The Kier molecular flexibility index (Phi) is 5.88. The summed E-state index contributed by atoms with van der Waals surface area (Å²) in [6, 6.07) is 13.4. The van der Waals surface area contributed by atoms with Crippen LogP contribution in [0.1, 0.15) is 35.4 Å². The minimum absolute atomic E-state index is 0.0206. The van der Waals surface area contributed by atoms with Crippen LogP contribution in [-0.2, 0) is 19.9 Å². The van der Waals surface area contributed by atoms with Crippen molar-refractivity contribution < 1.29 is 27.8 Å². The first kappa shape index (κ1) is 22.4. The lowest BCUT2D eigenvalue weighted by Crippen LogP contribution is -2.41. The number of halogens is 2. The van der Waals surface area contributed by atoms with E-state index < -0.39 is 12.2 Å². The molecule has 1 aliphatic heterocycles. The Morgan fingerprint density at radius 3 is 2.48 bits per heavy atom. The van der Waals surface area contributed by atoms with E-state index in [-0.39, 0.29) is 29.5 Å². The molecule has 4 rings (SSSR count). The number of aliphatic imine (C=N–C) groups is 1. The van der Waals surface area contributed by atoms with Gasteiger partial charge >= 0.3 is 12.6 Å². The van der Waals surface area contributed by atoms with Crippen molar-refractivity contribution >= 4 is 17.8 Å². The first-order chi connectivity index (χ1) is 15.7. The topological polar surface area (TPSA) is 94.2 Å². The maximum absolute atomic E-state index is 13.4. The fraction of sp³-hybridized carbons (Fsp3) is 0.292. The first-order valence-electron chi connectivity index (χ1n) is 10.3. The second-order valence-electron chi connectivity index (χ2n) is 8.00. The van der Waals surface area contributed by atoms with Gasteiger partial charge in [0.2, 0.25) is 0 Å². The molecule has 1 unspecified atom stereocenters. The maximum Gasteiger partial charge on any atom is 0.387 e. The summed E-state index contributed by atoms with van der Waals surface area (Å²) in [7, 11) is 2.88. The van der Waals surface area contributed by atoms with Crippen molar-refractivity contribution in [3.63, 3.8) is 0 Å². The average Bonchev–Trinajstić information content (AvgIpc) is 3.00. The molecule has 0 bridgehead atoms. The molecular weight excluding hydrogens is 432 g/mol. The van der Waals surface area contributed by atoms with E-state index in [0.29, 0.717) is 24.0 Å². The number of guanidine groups is 1. The Morgan fingerprint density at radius 1 is 1.21 bits per heavy atom. The van der Waals surface area contributed by atoms with Crippen molar-refractivity contribution in [2.45, 2.75) is 30.9 Å². The van der Waals surface area contributed by atoms with Gasteiger partial charge in [0.05, 0.1) is 7.11 Å². The van der Waals surface area contributed by atoms with Crippen LogP contribution in [0, 0.1) is 0 Å². The van der Waals surface area contributed by atoms with Crippen molar-refractivity contribution in [1.82, 2.24) is 4.90 Å². The highest BCUT2D eigenvalue weighted by Crippen LogP contribution is 2.44. The summed E-state index contributed by atoms with van der Waals surface area (Å²) in [5.74, 6) is -0.493. The molecule has 0 radical (unpaired) electrons. The molecule has 2 aromatic rings. The van der Waals surface area contributed by atoms with Gasteiger partial charge in [0.15, 0.2) is 11.5 Å². The number of benzene rings is 2. The number of allylic oxidation sites excluding steroid dienone is 1. The lowest BCUT2D eigenvalue weighted by atomic mass is 9.74. The van der Waals surface area contributed by atoms with E-state index in [4.69, 9.17) is 5.73 Å². The van der Waals surface area contributed by atoms with Gasteiger partial charge in [0.25, 0.3) is 5.91 Å². The molecule has 1 amide bonds. The summed E-state index contributed by atoms with van der Waals surface area (Å²) in [5.41, 5.74) is 7.67. The number of methoxy groups -OCH3 is 1. The second kappa shape index (κ2) is 8.65. The summed E-state index contributed by atoms with van der Waals surface area (Å²) in [4.78, 5) is 30.6. The molecule has 1 saturated carbocycles. The minimum atomic E-state index is -2.95. The lowest BCUT2D eigenvalue weighted by Gasteiger charge is -2.31. The number of hydrogen-bond acceptors (Lipinski definition) is 6. The third-order valence-electron chi connectivity index (χ3n) is 6.05. The zero-order chi connectivity index (χ0) is 23.8. The molecule has 9 heteroatoms. The number of carbonyl (C=O) groups excluding carboxylic acids is 2. The monoisotopic (exact) mass is 455 g/mol. The number of esters is 1. The van der Waals surface area contributed by atoms with Crippen LogP contribution in [0.3, 0.4) is 0 Å². The van der Waals surface area contributed by atoms with Gasteiger partial charge in [-0.1, -0.05) is 42.0 Å². The number of alkyl halides is 2. The predicted octanol–water partition coefficient (Wildman–Crippen LogP) is 3.30. The highest BCUT2D eigenvalue weighted by Gasteiger charge is 2.49. The Morgan fingerprint density at radius 2 is 1.91 bits per heavy atom. The van der Waals surface area contributed by atoms with Crippen molar-refractivity contribution in [3.8, 4) is 5.75 Å². The minimum Gasteiger partial charge on any atom is -0.466 e. The van der Waals surface area contributed by atoms with Gasteiger partial charge in [-0.2, -0.15) is 8.78 Å². The largest absolute Gasteiger partial charge is 0.466 e. The Hall–Kier alpha value is -3.75. The molecule has 0 saturated heterocycles. The van der Waals surface area contributed by atoms with Crippen LogP contribution >= 0.6 is 0 Å². The van der Waals surface area contributed by atoms with Crippen molar-refractivity contribution in [2.75, 3.05) is 14.2 Å². The number of carbonyl (C=O) groups is 2. The third kappa shape index (κ3) is 4.06. The zero-order valence-electron chi connectivity index (χ0n) is 18.1. The number of rotatable bonds is 6. The van der Waals surface area contributed by atoms with Crippen molar-refractivity contribution in [2.24, 2.45) is 10.7 Å². The summed E-state index contributed by atoms with van der Waals surface area (Å²) in [6.07, 6.45) is 2.93. The number of likely N-dealkylation sites (N-methyl/N-ethyl adjacent to an activating group) is 1. The van der Waals surface area contributed by atoms with Crippen LogP contribution in [0.2, 0.25) is 0 Å². The number of hydrogen-bond donors (Lipinski definition) is 1. The molecule has 2 N–H and O–H groups in total. The molecule has 0 spiro atoms. The van der Waals surface area contributed by atoms with E-state index in [1.807, 2.05) is 18.2 Å². The summed E-state index contributed by atoms with van der Waals surface area (Å²) < 4.78 is 34.2. The highest BCUT2D eigenvalue weighted by molar-refractivity contribution is 6.08. The Bertz CT molecular complexity index is 1140. The number of ether oxygens (including phenoxy) is 2. The van der Waals surface area contributed by atoms with E-state index in [0.717, 1.165) is 11.1 Å². The molecule has 2 aromatic carbocycles. The van der Waals surface area contributed by atoms with Gasteiger partial charge in [-0.05, 0) is 47.6 Å². The van der Waals surface area contributed by atoms with Gasteiger partial charge in [-0.3, -0.25) is 9.69 Å². The van der Waals surface area contributed by atoms with E-state index in [1.165, 1.54) is 37.3 Å². The van der Waals surface area contributed by atoms with Crippen LogP contribution in [0.4, 0.5) is 8.78 Å². The van der Waals surface area contributed by atoms with Crippen LogP contribution < -0.4 is 10.5 Å². The summed E-state index contributed by atoms with van der Waals surface area (Å²) in [6.45, 7) is -2.95. The molecule has 2 aliphatic rings. The first-order valence-corrected chi connectivity index (χ1v) is 10.3. The van der Waals surface area contributed by atoms with Gasteiger partial charge in [0, 0.05) is 13.1 Å². The SMILES string of the molecule is COC(=O)C=C1CC(c2cccc(C3(c4ccc(OC(F)F)cc4)N=C(N)N(C)C3=O)c2)C1. The predicted molar refractivity (Wildman–Crippen MR) is 117 cm³/mol. The quantitative estimate of drug-likeness (QED) is 0.533. The van der Waals surface area contributed by atoms with Gasteiger partial charge in [0.1, 0.15) is 5.75 Å². The van der Waals surface area contributed by atoms with Gasteiger partial charge in [-0.25, -0.2) is 9.79 Å². The molecule has 1 atom stereocenters. The lowest BCUT2D eigenvalue weighted by molar-refractivity contribution is -0.135. The molecule has 33 heavy (non-hydrogen) atoms. The van der Waals surface area contributed by atoms with Gasteiger partial charge < -0.3 is 15.2 Å². The summed E-state index contributed by atoms with van der Waals surface area (Å²) >= 11 is 0. The van der Waals surface area contributed by atoms with Crippen LogP contribution in [0.5, 0.6) is 5.75 Å². The number of nitrogens with zero attached hydrogens (tertiary/aromatic N) is 2. The van der Waals surface area contributed by atoms with Crippen molar-refractivity contribution in [3.05, 3.63) is 76.9 Å². The van der Waals surface area contributed by atoms with Crippen molar-refractivity contribution in [1.29, 1.82) is 0 Å². The van der Waals surface area contributed by atoms with Crippen LogP contribution in [0.15, 0.2) is 65.2 Å². The highest BCUT2D eigenvalue weighted by atomic mass is 19.3. The second-order valence-corrected chi connectivity index (χ2v) is 8.00. The molecule has 0 aromatic heterocycles. The Balaban J connectivity index is 1.70. The molecule has 172 valence electrons. The van der Waals surface area contributed by atoms with E-state index in [9.17, 15) is 18.4 Å². The zero-order valence-corrected chi connectivity index (χ0v) is 18.1. The third-order valence-corrected chi connectivity index (χ3v) is 6.05. The van der Waals surface area contributed by atoms with E-state index in [2.05, 4.69) is 14.5 Å². The summed E-state index contributed by atoms with van der Waals surface area (Å²) in [5, 5.41) is 0. The molecular formula is C24H23F2N3O4. The normalized spacial score (nSPS) is 22.2. The smallest absolute Gasteiger partial charge is 0.387 e. The van der Waals surface area contributed by atoms with Gasteiger partial charge in [-0.15, -0.1) is 0 Å². The molecule has 1 heterocycles. The van der Waals surface area contributed by atoms with Crippen LogP contribution in [0.25, 0.3) is 0 Å². The average molecular weight is 455 g/mol. The van der Waals surface area contributed by atoms with Crippen LogP contribution in [-0.4, -0.2) is 43.5 Å². The number of nitrogens with two attached hydrogens (primary N) is 1. The maximum atomic E-state index is 13.4.